The molecule has 0 saturated heterocycles. The van der Waals surface area contributed by atoms with Crippen LogP contribution in [0.25, 0.3) is 0 Å². The van der Waals surface area contributed by atoms with E-state index in [9.17, 15) is 18.0 Å². The second kappa shape index (κ2) is 12.2. The fourth-order valence-corrected chi connectivity index (χ4v) is 5.39. The van der Waals surface area contributed by atoms with Crippen molar-refractivity contribution >= 4 is 27.5 Å². The van der Waals surface area contributed by atoms with Crippen LogP contribution in [0, 0.1) is 6.92 Å². The Labute approximate surface area is 242 Å². The van der Waals surface area contributed by atoms with Gasteiger partial charge < -0.3 is 19.7 Å². The van der Waals surface area contributed by atoms with Gasteiger partial charge in [-0.3, -0.25) is 13.9 Å². The number of amides is 2. The summed E-state index contributed by atoms with van der Waals surface area (Å²) in [5.74, 6) is 0.0531. The number of nitrogens with one attached hydrogen (secondary N) is 1. The first-order chi connectivity index (χ1) is 19.3. The van der Waals surface area contributed by atoms with Gasteiger partial charge in [-0.15, -0.1) is 0 Å². The van der Waals surface area contributed by atoms with E-state index in [1.54, 1.807) is 12.1 Å². The third kappa shape index (κ3) is 8.00. The fourth-order valence-electron chi connectivity index (χ4n) is 4.55. The average molecular weight is 580 g/mol. The van der Waals surface area contributed by atoms with Gasteiger partial charge >= 0.3 is 0 Å². The lowest BCUT2D eigenvalue weighted by Crippen LogP contribution is -2.56. The maximum Gasteiger partial charge on any atom is 0.244 e. The monoisotopic (exact) mass is 579 g/mol. The van der Waals surface area contributed by atoms with E-state index < -0.39 is 34.1 Å². The molecule has 10 heteroatoms. The van der Waals surface area contributed by atoms with Gasteiger partial charge in [0.15, 0.2) is 11.5 Å². The van der Waals surface area contributed by atoms with E-state index in [0.29, 0.717) is 11.5 Å². The van der Waals surface area contributed by atoms with Crippen molar-refractivity contribution in [1.29, 1.82) is 0 Å². The number of aryl methyl sites for hydroxylation is 1. The zero-order valence-corrected chi connectivity index (χ0v) is 24.9. The number of benzene rings is 3. The highest BCUT2D eigenvalue weighted by Gasteiger charge is 2.34. The van der Waals surface area contributed by atoms with E-state index in [1.165, 1.54) is 11.0 Å². The van der Waals surface area contributed by atoms with Gasteiger partial charge in [-0.1, -0.05) is 60.2 Å². The first kappa shape index (κ1) is 29.9. The van der Waals surface area contributed by atoms with E-state index >= 15 is 0 Å². The number of hydrogen-bond donors (Lipinski definition) is 1. The van der Waals surface area contributed by atoms with Crippen molar-refractivity contribution in [2.24, 2.45) is 0 Å². The molecule has 218 valence electrons. The Kier molecular flexibility index (Phi) is 8.92. The van der Waals surface area contributed by atoms with Crippen molar-refractivity contribution in [2.75, 3.05) is 23.9 Å². The molecule has 1 atom stereocenters. The molecule has 3 aromatic carbocycles. The predicted molar refractivity (Wildman–Crippen MR) is 158 cm³/mol. The Morgan fingerprint density at radius 2 is 1.59 bits per heavy atom. The van der Waals surface area contributed by atoms with Gasteiger partial charge in [0.25, 0.3) is 0 Å². The van der Waals surface area contributed by atoms with Crippen molar-refractivity contribution in [3.8, 4) is 11.5 Å². The molecule has 0 saturated carbocycles. The summed E-state index contributed by atoms with van der Waals surface area (Å²) >= 11 is 0. The summed E-state index contributed by atoms with van der Waals surface area (Å²) in [6.07, 6.45) is 1.30. The lowest BCUT2D eigenvalue weighted by atomic mass is 10.0. The number of nitrogens with zero attached hydrogens (tertiary/aromatic N) is 2. The summed E-state index contributed by atoms with van der Waals surface area (Å²) in [5, 5.41) is 3.02. The Hall–Kier alpha value is -4.05. The molecule has 1 N–H and O–H groups in total. The molecule has 1 heterocycles. The molecule has 0 aliphatic carbocycles. The summed E-state index contributed by atoms with van der Waals surface area (Å²) in [4.78, 5) is 29.4. The molecule has 1 aliphatic heterocycles. The number of carbonyl (C=O) groups excluding carboxylic acids is 2. The van der Waals surface area contributed by atoms with Gasteiger partial charge in [0.1, 0.15) is 12.6 Å². The Morgan fingerprint density at radius 1 is 0.927 bits per heavy atom. The summed E-state index contributed by atoms with van der Waals surface area (Å²) in [6, 6.07) is 21.0. The van der Waals surface area contributed by atoms with E-state index in [1.807, 2.05) is 82.3 Å². The van der Waals surface area contributed by atoms with Crippen LogP contribution in [0.3, 0.4) is 0 Å². The van der Waals surface area contributed by atoms with E-state index in [2.05, 4.69) is 5.32 Å². The number of rotatable bonds is 10. The van der Waals surface area contributed by atoms with E-state index in [-0.39, 0.29) is 31.4 Å². The van der Waals surface area contributed by atoms with Crippen molar-refractivity contribution in [3.63, 3.8) is 0 Å². The molecule has 0 fully saturated rings. The number of hydrogen-bond acceptors (Lipinski definition) is 6. The first-order valence-corrected chi connectivity index (χ1v) is 15.2. The van der Waals surface area contributed by atoms with Gasteiger partial charge in [0.05, 0.1) is 11.9 Å². The third-order valence-electron chi connectivity index (χ3n) is 6.57. The van der Waals surface area contributed by atoms with E-state index in [4.69, 9.17) is 9.47 Å². The molecule has 0 aromatic heterocycles. The molecular weight excluding hydrogens is 542 g/mol. The molecule has 41 heavy (non-hydrogen) atoms. The molecular formula is C31H37N3O6S. The zero-order valence-electron chi connectivity index (χ0n) is 24.1. The van der Waals surface area contributed by atoms with Crippen LogP contribution in [0.15, 0.2) is 72.8 Å². The lowest BCUT2D eigenvalue weighted by molar-refractivity contribution is -0.140. The molecule has 2 amide bonds. The predicted octanol–water partition coefficient (Wildman–Crippen LogP) is 4.04. The van der Waals surface area contributed by atoms with Crippen LogP contribution < -0.4 is 19.1 Å². The summed E-state index contributed by atoms with van der Waals surface area (Å²) in [7, 11) is -3.89. The Bertz CT molecular complexity index is 1480. The van der Waals surface area contributed by atoms with Crippen LogP contribution in [0.2, 0.25) is 0 Å². The van der Waals surface area contributed by atoms with Crippen LogP contribution in [0.5, 0.6) is 11.5 Å². The third-order valence-corrected chi connectivity index (χ3v) is 7.71. The minimum Gasteiger partial charge on any atom is -0.454 e. The molecule has 0 radical (unpaired) electrons. The number of ether oxygens (including phenoxy) is 2. The fraction of sp³-hybridized carbons (Fsp3) is 0.355. The molecule has 0 bridgehead atoms. The summed E-state index contributed by atoms with van der Waals surface area (Å²) < 4.78 is 37.8. The van der Waals surface area contributed by atoms with Crippen molar-refractivity contribution in [2.45, 2.75) is 52.2 Å². The van der Waals surface area contributed by atoms with Crippen LogP contribution in [0.4, 0.5) is 5.69 Å². The highest BCUT2D eigenvalue weighted by atomic mass is 32.2. The standard InChI is InChI=1S/C31H37N3O6S/c1-22-11-13-24(14-12-22)19-33(26(30(36)32-31(2,3)4)17-23-9-7-6-8-10-23)29(35)20-34(41(5,37)38)25-15-16-27-28(18-25)40-21-39-27/h6-16,18,26H,17,19-21H2,1-5H3,(H,32,36). The maximum absolute atomic E-state index is 14.2. The molecule has 0 spiro atoms. The number of fused-ring (bicyclic) bond motifs is 1. The van der Waals surface area contributed by atoms with Crippen molar-refractivity contribution in [3.05, 3.63) is 89.5 Å². The number of anilines is 1. The highest BCUT2D eigenvalue weighted by Crippen LogP contribution is 2.36. The normalized spacial score (nSPS) is 13.4. The minimum absolute atomic E-state index is 0.0327. The first-order valence-electron chi connectivity index (χ1n) is 13.4. The van der Waals surface area contributed by atoms with Crippen LogP contribution in [-0.2, 0) is 32.6 Å². The topological polar surface area (TPSA) is 105 Å². The second-order valence-corrected chi connectivity index (χ2v) is 13.2. The van der Waals surface area contributed by atoms with Crippen LogP contribution >= 0.6 is 0 Å². The Balaban J connectivity index is 1.74. The maximum atomic E-state index is 14.2. The SMILES string of the molecule is Cc1ccc(CN(C(=O)CN(c2ccc3c(c2)OCO3)S(C)(=O)=O)C(Cc2ccccc2)C(=O)NC(C)(C)C)cc1. The van der Waals surface area contributed by atoms with Gasteiger partial charge in [0, 0.05) is 24.6 Å². The lowest BCUT2D eigenvalue weighted by Gasteiger charge is -2.35. The highest BCUT2D eigenvalue weighted by molar-refractivity contribution is 7.92. The van der Waals surface area contributed by atoms with Crippen molar-refractivity contribution < 1.29 is 27.5 Å². The summed E-state index contributed by atoms with van der Waals surface area (Å²) in [5.41, 5.74) is 2.47. The van der Waals surface area contributed by atoms with Gasteiger partial charge in [-0.25, -0.2) is 8.42 Å². The quantitative estimate of drug-likeness (QED) is 0.389. The van der Waals surface area contributed by atoms with Crippen LogP contribution in [0.1, 0.15) is 37.5 Å². The van der Waals surface area contributed by atoms with Crippen LogP contribution in [-0.4, -0.2) is 56.3 Å². The van der Waals surface area contributed by atoms with Gasteiger partial charge in [0.2, 0.25) is 28.6 Å². The Morgan fingerprint density at radius 3 is 2.22 bits per heavy atom. The number of carbonyl (C=O) groups is 2. The largest absolute Gasteiger partial charge is 0.454 e. The second-order valence-electron chi connectivity index (χ2n) is 11.3. The van der Waals surface area contributed by atoms with Gasteiger partial charge in [-0.05, 0) is 51.0 Å². The van der Waals surface area contributed by atoms with E-state index in [0.717, 1.165) is 27.3 Å². The zero-order chi connectivity index (χ0) is 29.8. The molecule has 9 nitrogen and oxygen atoms in total. The molecule has 3 aromatic rings. The molecule has 1 aliphatic rings. The minimum atomic E-state index is -3.89. The summed E-state index contributed by atoms with van der Waals surface area (Å²) in [6.45, 7) is 7.25. The van der Waals surface area contributed by atoms with Crippen molar-refractivity contribution in [1.82, 2.24) is 10.2 Å². The average Bonchev–Trinajstić information content (AvgIpc) is 3.37. The number of sulfonamides is 1. The molecule has 4 rings (SSSR count). The van der Waals surface area contributed by atoms with Gasteiger partial charge in [-0.2, -0.15) is 0 Å². The molecule has 1 unspecified atom stereocenters. The smallest absolute Gasteiger partial charge is 0.244 e.